The van der Waals surface area contributed by atoms with Gasteiger partial charge in [-0.05, 0) is 37.5 Å². The third-order valence-electron chi connectivity index (χ3n) is 6.02. The van der Waals surface area contributed by atoms with Crippen molar-refractivity contribution in [1.29, 1.82) is 0 Å². The zero-order valence-electron chi connectivity index (χ0n) is 23.5. The van der Waals surface area contributed by atoms with E-state index in [1.54, 1.807) is 13.8 Å². The number of esters is 1. The summed E-state index contributed by atoms with van der Waals surface area (Å²) in [5, 5.41) is 20.7. The molecule has 44 heavy (non-hydrogen) atoms. The second-order valence-electron chi connectivity index (χ2n) is 10.1. The SMILES string of the molecule is CC(C)C1C(NC(=O)C(=NOC(C)(C)C(=O)OCc2ccc([N+](=O)[O-])cc2)c2csc(NC(=O)CCl)n2)C(=O)N1S(=O)(=O)O. The van der Waals surface area contributed by atoms with Crippen LogP contribution < -0.4 is 10.6 Å². The van der Waals surface area contributed by atoms with Gasteiger partial charge < -0.3 is 20.2 Å². The van der Waals surface area contributed by atoms with E-state index in [9.17, 15) is 42.3 Å². The van der Waals surface area contributed by atoms with Crippen molar-refractivity contribution >= 4 is 73.5 Å². The van der Waals surface area contributed by atoms with E-state index < -0.39 is 68.2 Å². The number of ether oxygens (including phenoxy) is 1. The molecule has 17 nitrogen and oxygen atoms in total. The Bertz CT molecular complexity index is 1590. The Labute approximate surface area is 259 Å². The third-order valence-corrected chi connectivity index (χ3v) is 7.94. The van der Waals surface area contributed by atoms with Crippen molar-refractivity contribution in [2.75, 3.05) is 11.2 Å². The lowest BCUT2D eigenvalue weighted by molar-refractivity contribution is -0.384. The first kappa shape index (κ1) is 34.3. The van der Waals surface area contributed by atoms with Gasteiger partial charge in [0.15, 0.2) is 10.8 Å². The molecule has 3 N–H and O–H groups in total. The Hall–Kier alpha value is -4.20. The van der Waals surface area contributed by atoms with Crippen LogP contribution in [0.3, 0.4) is 0 Å². The highest BCUT2D eigenvalue weighted by Crippen LogP contribution is 2.29. The number of β-lactam (4-membered cyclic amide) rings is 1. The average molecular weight is 675 g/mol. The molecule has 1 aliphatic rings. The first-order chi connectivity index (χ1) is 20.5. The van der Waals surface area contributed by atoms with E-state index in [2.05, 4.69) is 20.8 Å². The van der Waals surface area contributed by atoms with Crippen molar-refractivity contribution in [2.24, 2.45) is 11.1 Å². The van der Waals surface area contributed by atoms with E-state index in [0.717, 1.165) is 11.3 Å². The number of alkyl halides is 1. The molecule has 0 saturated carbocycles. The minimum atomic E-state index is -4.90. The predicted octanol–water partition coefficient (Wildman–Crippen LogP) is 1.63. The lowest BCUT2D eigenvalue weighted by Gasteiger charge is -2.46. The Morgan fingerprint density at radius 1 is 1.27 bits per heavy atom. The number of non-ortho nitro benzene ring substituents is 1. The number of nitrogens with one attached hydrogen (secondary N) is 2. The number of aromatic nitrogens is 1. The number of oxime groups is 1. The van der Waals surface area contributed by atoms with Gasteiger partial charge in [0.25, 0.3) is 17.5 Å². The Kier molecular flexibility index (Phi) is 10.6. The summed E-state index contributed by atoms with van der Waals surface area (Å²) in [4.78, 5) is 70.1. The van der Waals surface area contributed by atoms with E-state index >= 15 is 0 Å². The zero-order valence-corrected chi connectivity index (χ0v) is 25.9. The van der Waals surface area contributed by atoms with E-state index in [4.69, 9.17) is 21.2 Å². The average Bonchev–Trinajstić information content (AvgIpc) is 3.39. The monoisotopic (exact) mass is 674 g/mol. The van der Waals surface area contributed by atoms with Crippen LogP contribution in [0.25, 0.3) is 0 Å². The summed E-state index contributed by atoms with van der Waals surface area (Å²) in [6.07, 6.45) is 0. The van der Waals surface area contributed by atoms with Gasteiger partial charge in [-0.25, -0.2) is 14.1 Å². The van der Waals surface area contributed by atoms with Gasteiger partial charge in [-0.2, -0.15) is 8.42 Å². The number of halogens is 1. The van der Waals surface area contributed by atoms with Gasteiger partial charge in [0, 0.05) is 17.5 Å². The Morgan fingerprint density at radius 2 is 1.91 bits per heavy atom. The van der Waals surface area contributed by atoms with Gasteiger partial charge in [-0.1, -0.05) is 19.0 Å². The molecule has 1 aromatic heterocycles. The van der Waals surface area contributed by atoms with Crippen molar-refractivity contribution in [1.82, 2.24) is 14.6 Å². The van der Waals surface area contributed by atoms with Crippen LogP contribution in [-0.4, -0.2) is 80.2 Å². The molecular formula is C24H27ClN6O11S2. The standard InChI is InChI=1S/C24H27ClN6O11S2/c1-12(2)19-18(21(34)30(19)44(38,39)40)28-20(33)17(15-11-43-23(26-15)27-16(32)9-25)29-42-24(3,4)22(35)41-10-13-5-7-14(8-6-13)31(36)37/h5-8,11-12,18-19H,9-10H2,1-4H3,(H,28,33)(H,26,27,32)(H,38,39,40). The molecule has 2 unspecified atom stereocenters. The molecule has 1 aromatic carbocycles. The highest BCUT2D eigenvalue weighted by atomic mass is 35.5. The largest absolute Gasteiger partial charge is 0.458 e. The Balaban J connectivity index is 1.83. The fourth-order valence-corrected chi connectivity index (χ4v) is 5.59. The molecule has 20 heteroatoms. The summed E-state index contributed by atoms with van der Waals surface area (Å²) in [7, 11) is -4.90. The maximum Gasteiger partial charge on any atom is 0.362 e. The first-order valence-corrected chi connectivity index (χ1v) is 15.4. The summed E-state index contributed by atoms with van der Waals surface area (Å²) in [6, 6.07) is 2.79. The molecule has 1 aliphatic heterocycles. The van der Waals surface area contributed by atoms with Crippen LogP contribution in [0.15, 0.2) is 34.8 Å². The van der Waals surface area contributed by atoms with Crippen LogP contribution in [0.1, 0.15) is 39.0 Å². The topological polar surface area (TPSA) is 237 Å². The first-order valence-electron chi connectivity index (χ1n) is 12.6. The van der Waals surface area contributed by atoms with Gasteiger partial charge in [-0.15, -0.1) is 22.9 Å². The van der Waals surface area contributed by atoms with E-state index in [-0.39, 0.29) is 33.3 Å². The summed E-state index contributed by atoms with van der Waals surface area (Å²) in [5.41, 5.74) is -2.20. The maximum atomic E-state index is 13.4. The molecule has 3 rings (SSSR count). The van der Waals surface area contributed by atoms with Crippen LogP contribution in [0.5, 0.6) is 0 Å². The van der Waals surface area contributed by atoms with E-state index in [1.165, 1.54) is 43.5 Å². The van der Waals surface area contributed by atoms with Crippen LogP contribution >= 0.6 is 22.9 Å². The Morgan fingerprint density at radius 3 is 2.45 bits per heavy atom. The van der Waals surface area contributed by atoms with Crippen molar-refractivity contribution in [3.8, 4) is 0 Å². The minimum Gasteiger partial charge on any atom is -0.458 e. The van der Waals surface area contributed by atoms with E-state index in [0.29, 0.717) is 5.56 Å². The lowest BCUT2D eigenvalue weighted by atomic mass is 9.88. The number of benzene rings is 1. The number of anilines is 1. The molecule has 2 aromatic rings. The van der Waals surface area contributed by atoms with E-state index in [1.807, 2.05) is 0 Å². The number of nitrogens with zero attached hydrogens (tertiary/aromatic N) is 4. The molecule has 0 bridgehead atoms. The molecule has 1 saturated heterocycles. The second kappa shape index (κ2) is 13.6. The predicted molar refractivity (Wildman–Crippen MR) is 155 cm³/mol. The number of hydrogen-bond acceptors (Lipinski definition) is 13. The molecule has 2 atom stereocenters. The normalized spacial score (nSPS) is 17.1. The fraction of sp³-hybridized carbons (Fsp3) is 0.417. The zero-order chi connectivity index (χ0) is 33.0. The number of carbonyl (C=O) groups is 4. The fourth-order valence-electron chi connectivity index (χ4n) is 3.79. The van der Waals surface area contributed by atoms with Crippen molar-refractivity contribution in [3.63, 3.8) is 0 Å². The summed E-state index contributed by atoms with van der Waals surface area (Å²) in [6.45, 7) is 5.45. The molecule has 3 amide bonds. The van der Waals surface area contributed by atoms with Gasteiger partial charge in [0.1, 0.15) is 24.2 Å². The molecule has 2 heterocycles. The molecule has 0 radical (unpaired) electrons. The number of rotatable bonds is 13. The van der Waals surface area contributed by atoms with Crippen LogP contribution in [0.4, 0.5) is 10.8 Å². The highest BCUT2D eigenvalue weighted by molar-refractivity contribution is 7.84. The van der Waals surface area contributed by atoms with Crippen LogP contribution in [0.2, 0.25) is 0 Å². The third kappa shape index (κ3) is 8.04. The molecule has 0 aliphatic carbocycles. The summed E-state index contributed by atoms with van der Waals surface area (Å²) >= 11 is 6.40. The maximum absolute atomic E-state index is 13.4. The van der Waals surface area contributed by atoms with Gasteiger partial charge in [0.2, 0.25) is 11.5 Å². The number of amides is 3. The van der Waals surface area contributed by atoms with Crippen molar-refractivity contribution < 1.29 is 46.6 Å². The number of nitro groups is 1. The van der Waals surface area contributed by atoms with Gasteiger partial charge in [0.05, 0.1) is 11.0 Å². The highest BCUT2D eigenvalue weighted by Gasteiger charge is 2.55. The molecule has 0 spiro atoms. The number of carbonyl (C=O) groups excluding carboxylic acids is 4. The molecule has 238 valence electrons. The summed E-state index contributed by atoms with van der Waals surface area (Å²) < 4.78 is 38.3. The number of thiazole rings is 1. The number of hydrogen-bond donors (Lipinski definition) is 3. The van der Waals surface area contributed by atoms with Crippen molar-refractivity contribution in [3.05, 3.63) is 51.0 Å². The van der Waals surface area contributed by atoms with Gasteiger partial charge >= 0.3 is 16.3 Å². The molecular weight excluding hydrogens is 648 g/mol. The smallest absolute Gasteiger partial charge is 0.362 e. The van der Waals surface area contributed by atoms with Gasteiger partial charge in [-0.3, -0.25) is 29.1 Å². The minimum absolute atomic E-state index is 0.0326. The van der Waals surface area contributed by atoms with Crippen molar-refractivity contribution in [2.45, 2.75) is 52.0 Å². The number of nitro benzene ring substituents is 1. The quantitative estimate of drug-likeness (QED) is 0.0523. The van der Waals surface area contributed by atoms with Crippen LogP contribution in [0, 0.1) is 16.0 Å². The second-order valence-corrected chi connectivity index (χ2v) is 12.5. The lowest BCUT2D eigenvalue weighted by Crippen LogP contribution is -2.73. The van der Waals surface area contributed by atoms with Crippen LogP contribution in [-0.2, 0) is 45.7 Å². The summed E-state index contributed by atoms with van der Waals surface area (Å²) in [5.74, 6) is -4.56. The molecule has 1 fully saturated rings.